The number of nitrogens with zero attached hydrogens (tertiary/aromatic N) is 2. The second-order valence-electron chi connectivity index (χ2n) is 5.30. The van der Waals surface area contributed by atoms with Crippen LogP contribution in [0.5, 0.6) is 0 Å². The van der Waals surface area contributed by atoms with Crippen LogP contribution in [-0.2, 0) is 0 Å². The van der Waals surface area contributed by atoms with Gasteiger partial charge in [0.15, 0.2) is 5.82 Å². The van der Waals surface area contributed by atoms with Crippen LogP contribution in [0.25, 0.3) is 11.4 Å². The molecule has 1 aliphatic rings. The Morgan fingerprint density at radius 1 is 1.16 bits per heavy atom. The van der Waals surface area contributed by atoms with Crippen molar-refractivity contribution in [3.63, 3.8) is 0 Å². The van der Waals surface area contributed by atoms with Crippen LogP contribution in [0, 0.1) is 0 Å². The SMILES string of the molecule is CC1(Nc2cc(Cl)nc(-c3ccccc3)n2)CCC1. The molecule has 2 aromatic rings. The topological polar surface area (TPSA) is 37.8 Å². The van der Waals surface area contributed by atoms with E-state index < -0.39 is 0 Å². The van der Waals surface area contributed by atoms with E-state index in [0.29, 0.717) is 11.0 Å². The molecule has 0 amide bonds. The Bertz CT molecular complexity index is 579. The molecular weight excluding hydrogens is 258 g/mol. The molecule has 0 saturated heterocycles. The molecule has 1 fully saturated rings. The number of rotatable bonds is 3. The third-order valence-electron chi connectivity index (χ3n) is 3.61. The van der Waals surface area contributed by atoms with Crippen molar-refractivity contribution in [2.75, 3.05) is 5.32 Å². The third kappa shape index (κ3) is 2.71. The van der Waals surface area contributed by atoms with Crippen molar-refractivity contribution in [3.05, 3.63) is 41.6 Å². The average Bonchev–Trinajstić information content (AvgIpc) is 2.37. The molecule has 3 nitrogen and oxygen atoms in total. The van der Waals surface area contributed by atoms with Gasteiger partial charge in [-0.2, -0.15) is 0 Å². The predicted octanol–water partition coefficient (Wildman–Crippen LogP) is 4.15. The fraction of sp³-hybridized carbons (Fsp3) is 0.333. The number of aromatic nitrogens is 2. The van der Waals surface area contributed by atoms with Crippen molar-refractivity contribution in [2.24, 2.45) is 0 Å². The van der Waals surface area contributed by atoms with Crippen LogP contribution >= 0.6 is 11.6 Å². The summed E-state index contributed by atoms with van der Waals surface area (Å²) < 4.78 is 0. The number of nitrogens with one attached hydrogen (secondary N) is 1. The Hall–Kier alpha value is -1.61. The van der Waals surface area contributed by atoms with Crippen molar-refractivity contribution in [3.8, 4) is 11.4 Å². The van der Waals surface area contributed by atoms with Crippen molar-refractivity contribution < 1.29 is 0 Å². The summed E-state index contributed by atoms with van der Waals surface area (Å²) in [4.78, 5) is 8.86. The second kappa shape index (κ2) is 4.82. The lowest BCUT2D eigenvalue weighted by Gasteiger charge is -2.39. The number of hydrogen-bond donors (Lipinski definition) is 1. The molecule has 1 aromatic heterocycles. The highest BCUT2D eigenvalue weighted by Crippen LogP contribution is 2.34. The summed E-state index contributed by atoms with van der Waals surface area (Å²) in [5.41, 5.74) is 1.14. The summed E-state index contributed by atoms with van der Waals surface area (Å²) >= 11 is 6.10. The Balaban J connectivity index is 1.92. The van der Waals surface area contributed by atoms with Gasteiger partial charge in [0.2, 0.25) is 0 Å². The van der Waals surface area contributed by atoms with Gasteiger partial charge in [0.25, 0.3) is 0 Å². The van der Waals surface area contributed by atoms with E-state index in [1.807, 2.05) is 30.3 Å². The molecule has 1 aromatic carbocycles. The first-order valence-corrected chi connectivity index (χ1v) is 6.91. The van der Waals surface area contributed by atoms with Crippen LogP contribution < -0.4 is 5.32 Å². The van der Waals surface area contributed by atoms with Gasteiger partial charge in [-0.3, -0.25) is 0 Å². The average molecular weight is 274 g/mol. The first-order chi connectivity index (χ1) is 9.15. The monoisotopic (exact) mass is 273 g/mol. The van der Waals surface area contributed by atoms with E-state index in [4.69, 9.17) is 11.6 Å². The molecule has 19 heavy (non-hydrogen) atoms. The summed E-state index contributed by atoms with van der Waals surface area (Å²) in [6.07, 6.45) is 3.62. The number of benzene rings is 1. The van der Waals surface area contributed by atoms with Crippen LogP contribution in [0.4, 0.5) is 5.82 Å². The molecule has 4 heteroatoms. The first-order valence-electron chi connectivity index (χ1n) is 6.53. The van der Waals surface area contributed by atoms with E-state index in [-0.39, 0.29) is 5.54 Å². The van der Waals surface area contributed by atoms with Gasteiger partial charge in [-0.1, -0.05) is 41.9 Å². The molecule has 1 heterocycles. The Kier molecular flexibility index (Phi) is 3.15. The Morgan fingerprint density at radius 3 is 2.53 bits per heavy atom. The molecule has 0 unspecified atom stereocenters. The van der Waals surface area contributed by atoms with Crippen LogP contribution in [0.15, 0.2) is 36.4 Å². The molecule has 0 radical (unpaired) electrons. The molecule has 1 saturated carbocycles. The van der Waals surface area contributed by atoms with Crippen LogP contribution in [0.2, 0.25) is 5.15 Å². The van der Waals surface area contributed by atoms with Gasteiger partial charge in [-0.15, -0.1) is 0 Å². The molecule has 0 aliphatic heterocycles. The lowest BCUT2D eigenvalue weighted by molar-refractivity contribution is 0.306. The minimum absolute atomic E-state index is 0.158. The highest BCUT2D eigenvalue weighted by Gasteiger charge is 2.31. The van der Waals surface area contributed by atoms with Gasteiger partial charge < -0.3 is 5.32 Å². The number of anilines is 1. The van der Waals surface area contributed by atoms with Gasteiger partial charge in [-0.05, 0) is 26.2 Å². The maximum atomic E-state index is 6.10. The van der Waals surface area contributed by atoms with Gasteiger partial charge in [0.1, 0.15) is 11.0 Å². The quantitative estimate of drug-likeness (QED) is 0.854. The van der Waals surface area contributed by atoms with E-state index >= 15 is 0 Å². The Morgan fingerprint density at radius 2 is 1.89 bits per heavy atom. The molecule has 98 valence electrons. The fourth-order valence-corrected chi connectivity index (χ4v) is 2.52. The first kappa shape index (κ1) is 12.4. The Labute approximate surface area is 118 Å². The lowest BCUT2D eigenvalue weighted by atomic mass is 9.78. The van der Waals surface area contributed by atoms with Crippen molar-refractivity contribution in [1.82, 2.24) is 9.97 Å². The predicted molar refractivity (Wildman–Crippen MR) is 78.4 cm³/mol. The fourth-order valence-electron chi connectivity index (χ4n) is 2.34. The second-order valence-corrected chi connectivity index (χ2v) is 5.69. The zero-order valence-corrected chi connectivity index (χ0v) is 11.6. The zero-order valence-electron chi connectivity index (χ0n) is 10.9. The molecule has 1 aliphatic carbocycles. The van der Waals surface area contributed by atoms with Crippen LogP contribution in [-0.4, -0.2) is 15.5 Å². The summed E-state index contributed by atoms with van der Waals surface area (Å²) in [6.45, 7) is 2.22. The van der Waals surface area contributed by atoms with Gasteiger partial charge in [0.05, 0.1) is 0 Å². The van der Waals surface area contributed by atoms with Gasteiger partial charge in [-0.25, -0.2) is 9.97 Å². The van der Waals surface area contributed by atoms with E-state index in [1.54, 1.807) is 6.07 Å². The molecule has 3 rings (SSSR count). The number of halogens is 1. The largest absolute Gasteiger partial charge is 0.365 e. The summed E-state index contributed by atoms with van der Waals surface area (Å²) in [7, 11) is 0. The molecule has 0 spiro atoms. The van der Waals surface area contributed by atoms with Crippen molar-refractivity contribution in [2.45, 2.75) is 31.7 Å². The van der Waals surface area contributed by atoms with Gasteiger partial charge in [0, 0.05) is 17.2 Å². The summed E-state index contributed by atoms with van der Waals surface area (Å²) in [5, 5.41) is 3.94. The maximum Gasteiger partial charge on any atom is 0.163 e. The molecule has 0 atom stereocenters. The van der Waals surface area contributed by atoms with E-state index in [1.165, 1.54) is 19.3 Å². The lowest BCUT2D eigenvalue weighted by Crippen LogP contribution is -2.41. The normalized spacial score (nSPS) is 16.7. The molecule has 1 N–H and O–H groups in total. The minimum Gasteiger partial charge on any atom is -0.365 e. The summed E-state index contributed by atoms with van der Waals surface area (Å²) in [5.74, 6) is 1.47. The van der Waals surface area contributed by atoms with Crippen LogP contribution in [0.3, 0.4) is 0 Å². The highest BCUT2D eigenvalue weighted by atomic mass is 35.5. The zero-order chi connectivity index (χ0) is 13.3. The highest BCUT2D eigenvalue weighted by molar-refractivity contribution is 6.29. The minimum atomic E-state index is 0.158. The molecular formula is C15H16ClN3. The number of hydrogen-bond acceptors (Lipinski definition) is 3. The van der Waals surface area contributed by atoms with Gasteiger partial charge >= 0.3 is 0 Å². The summed E-state index contributed by atoms with van der Waals surface area (Å²) in [6, 6.07) is 11.7. The van der Waals surface area contributed by atoms with Crippen LogP contribution in [0.1, 0.15) is 26.2 Å². The van der Waals surface area contributed by atoms with Crippen molar-refractivity contribution >= 4 is 17.4 Å². The van der Waals surface area contributed by atoms with E-state index in [2.05, 4.69) is 22.2 Å². The molecule has 0 bridgehead atoms. The van der Waals surface area contributed by atoms with Crippen molar-refractivity contribution in [1.29, 1.82) is 0 Å². The van der Waals surface area contributed by atoms with E-state index in [9.17, 15) is 0 Å². The standard InChI is InChI=1S/C15H16ClN3/c1-15(8-5-9-15)19-13-10-12(16)17-14(18-13)11-6-3-2-4-7-11/h2-4,6-7,10H,5,8-9H2,1H3,(H,17,18,19). The third-order valence-corrected chi connectivity index (χ3v) is 3.81. The smallest absolute Gasteiger partial charge is 0.163 e. The maximum absolute atomic E-state index is 6.10. The van der Waals surface area contributed by atoms with E-state index in [0.717, 1.165) is 11.4 Å².